The van der Waals surface area contributed by atoms with Crippen LogP contribution in [0.5, 0.6) is 0 Å². The number of rotatable bonds is 2. The second kappa shape index (κ2) is 5.22. The van der Waals surface area contributed by atoms with E-state index in [4.69, 9.17) is 0 Å². The quantitative estimate of drug-likeness (QED) is 0.865. The smallest absolute Gasteiger partial charge is 0.256 e. The number of anilines is 1. The molecule has 0 spiro atoms. The lowest BCUT2D eigenvalue weighted by Crippen LogP contribution is -2.15. The van der Waals surface area contributed by atoms with Gasteiger partial charge >= 0.3 is 0 Å². The first-order valence-corrected chi connectivity index (χ1v) is 6.13. The normalized spacial score (nSPS) is 10.3. The van der Waals surface area contributed by atoms with Crippen molar-refractivity contribution in [3.05, 3.63) is 64.5 Å². The fourth-order valence-electron chi connectivity index (χ4n) is 1.92. The molecule has 98 valence electrons. The lowest BCUT2D eigenvalue weighted by Gasteiger charge is -2.10. The first-order valence-electron chi connectivity index (χ1n) is 6.13. The summed E-state index contributed by atoms with van der Waals surface area (Å²) in [4.78, 5) is 12.2. The predicted octanol–water partition coefficient (Wildman–Crippen LogP) is 4.00. The predicted molar refractivity (Wildman–Crippen MR) is 75.0 cm³/mol. The van der Waals surface area contributed by atoms with Gasteiger partial charge in [0.15, 0.2) is 0 Å². The summed E-state index contributed by atoms with van der Waals surface area (Å²) in [5, 5.41) is 2.62. The molecule has 0 aromatic heterocycles. The molecule has 0 fully saturated rings. The van der Waals surface area contributed by atoms with Gasteiger partial charge in [-0.3, -0.25) is 4.79 Å². The zero-order valence-electron chi connectivity index (χ0n) is 11.3. The molecule has 19 heavy (non-hydrogen) atoms. The lowest BCUT2D eigenvalue weighted by atomic mass is 10.0. The van der Waals surface area contributed by atoms with Gasteiger partial charge < -0.3 is 5.32 Å². The van der Waals surface area contributed by atoms with Crippen molar-refractivity contribution in [1.29, 1.82) is 0 Å². The third-order valence-corrected chi connectivity index (χ3v) is 3.22. The molecule has 0 saturated carbocycles. The highest BCUT2D eigenvalue weighted by molar-refractivity contribution is 6.05. The van der Waals surface area contributed by atoms with Gasteiger partial charge in [-0.05, 0) is 55.7 Å². The summed E-state index contributed by atoms with van der Waals surface area (Å²) < 4.78 is 13.6. The summed E-state index contributed by atoms with van der Waals surface area (Å²) in [6, 6.07) is 10.2. The molecule has 1 amide bonds. The zero-order valence-corrected chi connectivity index (χ0v) is 11.3. The molecular weight excluding hydrogens is 241 g/mol. The molecule has 1 N–H and O–H groups in total. The standard InChI is InChI=1S/C16H16FNO/c1-10-7-8-14(17)15(9-10)18-16(19)13-6-4-5-11(2)12(13)3/h4-9H,1-3H3,(H,18,19). The van der Waals surface area contributed by atoms with E-state index in [1.54, 1.807) is 18.2 Å². The topological polar surface area (TPSA) is 29.1 Å². The number of halogens is 1. The second-order valence-electron chi connectivity index (χ2n) is 4.68. The molecule has 2 aromatic rings. The summed E-state index contributed by atoms with van der Waals surface area (Å²) in [7, 11) is 0. The number of benzene rings is 2. The number of hydrogen-bond donors (Lipinski definition) is 1. The molecule has 0 atom stereocenters. The molecule has 0 aliphatic rings. The van der Waals surface area contributed by atoms with Crippen LogP contribution in [-0.4, -0.2) is 5.91 Å². The first kappa shape index (κ1) is 13.3. The Hall–Kier alpha value is -2.16. The number of amides is 1. The minimum atomic E-state index is -0.427. The van der Waals surface area contributed by atoms with Gasteiger partial charge in [-0.25, -0.2) is 4.39 Å². The largest absolute Gasteiger partial charge is 0.319 e. The third kappa shape index (κ3) is 2.81. The summed E-state index contributed by atoms with van der Waals surface area (Å²) in [6.07, 6.45) is 0. The van der Waals surface area contributed by atoms with E-state index in [1.165, 1.54) is 6.07 Å². The van der Waals surface area contributed by atoms with Crippen molar-refractivity contribution >= 4 is 11.6 Å². The van der Waals surface area contributed by atoms with Crippen LogP contribution in [0, 0.1) is 26.6 Å². The van der Waals surface area contributed by atoms with Gasteiger partial charge in [-0.2, -0.15) is 0 Å². The summed E-state index contributed by atoms with van der Waals surface area (Å²) in [5.74, 6) is -0.713. The maximum Gasteiger partial charge on any atom is 0.256 e. The van der Waals surface area contributed by atoms with E-state index in [0.29, 0.717) is 5.56 Å². The van der Waals surface area contributed by atoms with Crippen LogP contribution in [0.2, 0.25) is 0 Å². The van der Waals surface area contributed by atoms with E-state index < -0.39 is 5.82 Å². The van der Waals surface area contributed by atoms with Crippen molar-refractivity contribution in [2.45, 2.75) is 20.8 Å². The molecule has 0 aliphatic heterocycles. The van der Waals surface area contributed by atoms with Crippen molar-refractivity contribution < 1.29 is 9.18 Å². The van der Waals surface area contributed by atoms with Crippen LogP contribution in [0.1, 0.15) is 27.0 Å². The Balaban J connectivity index is 2.31. The SMILES string of the molecule is Cc1ccc(F)c(NC(=O)c2cccc(C)c2C)c1. The Morgan fingerprint density at radius 2 is 1.84 bits per heavy atom. The molecule has 2 rings (SSSR count). The lowest BCUT2D eigenvalue weighted by molar-refractivity contribution is 0.102. The highest BCUT2D eigenvalue weighted by Crippen LogP contribution is 2.19. The molecule has 2 aromatic carbocycles. The van der Waals surface area contributed by atoms with E-state index in [0.717, 1.165) is 16.7 Å². The van der Waals surface area contributed by atoms with Crippen LogP contribution in [0.15, 0.2) is 36.4 Å². The Morgan fingerprint density at radius 3 is 2.58 bits per heavy atom. The molecule has 0 heterocycles. The highest BCUT2D eigenvalue weighted by Gasteiger charge is 2.12. The van der Waals surface area contributed by atoms with Gasteiger partial charge in [-0.1, -0.05) is 18.2 Å². The van der Waals surface area contributed by atoms with Crippen LogP contribution in [-0.2, 0) is 0 Å². The maximum atomic E-state index is 13.6. The van der Waals surface area contributed by atoms with Gasteiger partial charge in [0.05, 0.1) is 5.69 Å². The Morgan fingerprint density at radius 1 is 1.11 bits per heavy atom. The number of hydrogen-bond acceptors (Lipinski definition) is 1. The summed E-state index contributed by atoms with van der Waals surface area (Å²) in [6.45, 7) is 5.68. The average Bonchev–Trinajstić information content (AvgIpc) is 2.37. The summed E-state index contributed by atoms with van der Waals surface area (Å²) >= 11 is 0. The third-order valence-electron chi connectivity index (χ3n) is 3.22. The minimum Gasteiger partial charge on any atom is -0.319 e. The van der Waals surface area contributed by atoms with E-state index in [-0.39, 0.29) is 11.6 Å². The van der Waals surface area contributed by atoms with E-state index in [2.05, 4.69) is 5.32 Å². The van der Waals surface area contributed by atoms with Crippen LogP contribution < -0.4 is 5.32 Å². The number of aryl methyl sites for hydroxylation is 2. The van der Waals surface area contributed by atoms with Crippen LogP contribution in [0.25, 0.3) is 0 Å². The molecule has 0 bridgehead atoms. The van der Waals surface area contributed by atoms with E-state index >= 15 is 0 Å². The van der Waals surface area contributed by atoms with Crippen LogP contribution in [0.4, 0.5) is 10.1 Å². The molecule has 0 radical (unpaired) electrons. The van der Waals surface area contributed by atoms with E-state index in [1.807, 2.05) is 32.9 Å². The number of nitrogens with one attached hydrogen (secondary N) is 1. The van der Waals surface area contributed by atoms with Crippen LogP contribution in [0.3, 0.4) is 0 Å². The van der Waals surface area contributed by atoms with Gasteiger partial charge in [-0.15, -0.1) is 0 Å². The Kier molecular flexibility index (Phi) is 3.65. The average molecular weight is 257 g/mol. The van der Waals surface area contributed by atoms with Gasteiger partial charge in [0.1, 0.15) is 5.82 Å². The van der Waals surface area contributed by atoms with E-state index in [9.17, 15) is 9.18 Å². The number of carbonyl (C=O) groups is 1. The van der Waals surface area contributed by atoms with Crippen molar-refractivity contribution in [3.8, 4) is 0 Å². The highest BCUT2D eigenvalue weighted by atomic mass is 19.1. The molecule has 0 aliphatic carbocycles. The number of carbonyl (C=O) groups excluding carboxylic acids is 1. The first-order chi connectivity index (χ1) is 8.99. The second-order valence-corrected chi connectivity index (χ2v) is 4.68. The molecule has 2 nitrogen and oxygen atoms in total. The monoisotopic (exact) mass is 257 g/mol. The van der Waals surface area contributed by atoms with Crippen molar-refractivity contribution in [2.75, 3.05) is 5.32 Å². The molecular formula is C16H16FNO. The minimum absolute atomic E-state index is 0.214. The van der Waals surface area contributed by atoms with Crippen molar-refractivity contribution in [3.63, 3.8) is 0 Å². The van der Waals surface area contributed by atoms with Crippen molar-refractivity contribution in [2.24, 2.45) is 0 Å². The molecule has 3 heteroatoms. The molecule has 0 saturated heterocycles. The van der Waals surface area contributed by atoms with Gasteiger partial charge in [0, 0.05) is 5.56 Å². The fraction of sp³-hybridized carbons (Fsp3) is 0.188. The Bertz CT molecular complexity index is 635. The van der Waals surface area contributed by atoms with Gasteiger partial charge in [0.25, 0.3) is 5.91 Å². The zero-order chi connectivity index (χ0) is 14.0. The van der Waals surface area contributed by atoms with Crippen LogP contribution >= 0.6 is 0 Å². The molecule has 0 unspecified atom stereocenters. The summed E-state index contributed by atoms with van der Waals surface area (Å²) in [5.41, 5.74) is 3.63. The fourth-order valence-corrected chi connectivity index (χ4v) is 1.92. The van der Waals surface area contributed by atoms with Crippen molar-refractivity contribution in [1.82, 2.24) is 0 Å². The Labute approximate surface area is 112 Å². The maximum absolute atomic E-state index is 13.6. The van der Waals surface area contributed by atoms with Gasteiger partial charge in [0.2, 0.25) is 0 Å².